The summed E-state index contributed by atoms with van der Waals surface area (Å²) in [4.78, 5) is 14.1. The van der Waals surface area contributed by atoms with E-state index >= 15 is 0 Å². The van der Waals surface area contributed by atoms with Gasteiger partial charge in [-0.15, -0.1) is 11.3 Å². The van der Waals surface area contributed by atoms with E-state index in [0.29, 0.717) is 5.01 Å². The molecule has 1 aromatic heterocycles. The van der Waals surface area contributed by atoms with Gasteiger partial charge in [0.1, 0.15) is 5.01 Å². The summed E-state index contributed by atoms with van der Waals surface area (Å²) in [6.07, 6.45) is 1.53. The first-order valence-corrected chi connectivity index (χ1v) is 3.38. The molecule has 1 aromatic rings. The fourth-order valence-electron chi connectivity index (χ4n) is 0.452. The number of amides is 1. The maximum absolute atomic E-state index is 10.4. The van der Waals surface area contributed by atoms with Gasteiger partial charge < -0.3 is 5.73 Å². The van der Waals surface area contributed by atoms with E-state index in [2.05, 4.69) is 4.98 Å². The van der Waals surface area contributed by atoms with Crippen LogP contribution >= 0.6 is 11.3 Å². The van der Waals surface area contributed by atoms with E-state index in [1.54, 1.807) is 5.38 Å². The van der Waals surface area contributed by atoms with Crippen molar-refractivity contribution in [2.45, 2.75) is 0 Å². The molecule has 0 atom stereocenters. The maximum atomic E-state index is 10.4. The Kier molecular flexibility index (Phi) is 1.77. The van der Waals surface area contributed by atoms with Crippen molar-refractivity contribution < 1.29 is 4.79 Å². The smallest absolute Gasteiger partial charge is 0.269 e. The lowest BCUT2D eigenvalue weighted by Gasteiger charge is -1.89. The highest BCUT2D eigenvalue weighted by Crippen LogP contribution is 2.03. The van der Waals surface area contributed by atoms with Crippen LogP contribution in [0.3, 0.4) is 0 Å². The molecule has 0 aliphatic rings. The number of carbonyl (C=O) groups excluding carboxylic acids is 1. The van der Waals surface area contributed by atoms with Crippen LogP contribution in [0.2, 0.25) is 0 Å². The Balaban J connectivity index is 2.88. The van der Waals surface area contributed by atoms with Gasteiger partial charge in [0, 0.05) is 11.6 Å². The van der Waals surface area contributed by atoms with Gasteiger partial charge in [0.05, 0.1) is 0 Å². The highest BCUT2D eigenvalue weighted by molar-refractivity contribution is 7.12. The topological polar surface area (TPSA) is 79.8 Å². The van der Waals surface area contributed by atoms with E-state index < -0.39 is 5.91 Å². The van der Waals surface area contributed by atoms with E-state index in [4.69, 9.17) is 11.1 Å². The van der Waals surface area contributed by atoms with E-state index in [9.17, 15) is 4.79 Å². The third-order valence-electron chi connectivity index (χ3n) is 0.893. The van der Waals surface area contributed by atoms with Crippen molar-refractivity contribution in [3.8, 4) is 0 Å². The van der Waals surface area contributed by atoms with Crippen LogP contribution in [0.4, 0.5) is 0 Å². The molecular weight excluding hydrogens is 150 g/mol. The van der Waals surface area contributed by atoms with Crippen LogP contribution in [0, 0.1) is 5.41 Å². The quantitative estimate of drug-likeness (QED) is 0.589. The predicted molar refractivity (Wildman–Crippen MR) is 38.1 cm³/mol. The first-order chi connectivity index (χ1) is 4.72. The second-order valence-corrected chi connectivity index (χ2v) is 2.47. The van der Waals surface area contributed by atoms with E-state index in [0.717, 1.165) is 0 Å². The Hall–Kier alpha value is -1.23. The standard InChI is InChI=1S/C5H5N3OS/c6-3(4(7)9)5-8-1-2-10-5/h1-2,6H,(H2,7,9). The number of primary amides is 1. The van der Waals surface area contributed by atoms with Gasteiger partial charge in [0.15, 0.2) is 5.71 Å². The number of nitrogens with one attached hydrogen (secondary N) is 1. The zero-order chi connectivity index (χ0) is 7.56. The molecule has 1 rings (SSSR count). The molecule has 0 saturated carbocycles. The summed E-state index contributed by atoms with van der Waals surface area (Å²) in [6.45, 7) is 0. The monoisotopic (exact) mass is 155 g/mol. The molecule has 4 nitrogen and oxygen atoms in total. The summed E-state index contributed by atoms with van der Waals surface area (Å²) in [6, 6.07) is 0. The van der Waals surface area contributed by atoms with Crippen molar-refractivity contribution in [2.75, 3.05) is 0 Å². The molecule has 0 radical (unpaired) electrons. The number of aromatic nitrogens is 1. The Morgan fingerprint density at radius 1 is 1.80 bits per heavy atom. The average molecular weight is 155 g/mol. The number of hydrogen-bond donors (Lipinski definition) is 2. The Labute approximate surface area is 61.2 Å². The van der Waals surface area contributed by atoms with Gasteiger partial charge in [-0.25, -0.2) is 4.98 Å². The Morgan fingerprint density at radius 3 is 2.90 bits per heavy atom. The molecule has 5 heteroatoms. The highest BCUT2D eigenvalue weighted by Gasteiger charge is 2.08. The summed E-state index contributed by atoms with van der Waals surface area (Å²) in [5.41, 5.74) is 4.60. The van der Waals surface area contributed by atoms with E-state index in [1.807, 2.05) is 0 Å². The van der Waals surface area contributed by atoms with Crippen molar-refractivity contribution in [3.63, 3.8) is 0 Å². The second kappa shape index (κ2) is 2.57. The summed E-state index contributed by atoms with van der Waals surface area (Å²) >= 11 is 1.22. The zero-order valence-corrected chi connectivity index (χ0v) is 5.81. The lowest BCUT2D eigenvalue weighted by atomic mass is 10.4. The zero-order valence-electron chi connectivity index (χ0n) is 5.00. The summed E-state index contributed by atoms with van der Waals surface area (Å²) in [5, 5.41) is 9.13. The molecular formula is C5H5N3OS. The molecule has 0 aromatic carbocycles. The van der Waals surface area contributed by atoms with Crippen LogP contribution in [0.15, 0.2) is 11.6 Å². The van der Waals surface area contributed by atoms with Gasteiger partial charge >= 0.3 is 0 Å². The van der Waals surface area contributed by atoms with Crippen molar-refractivity contribution >= 4 is 23.0 Å². The van der Waals surface area contributed by atoms with Gasteiger partial charge in [-0.2, -0.15) is 0 Å². The first kappa shape index (κ1) is 6.88. The molecule has 0 fully saturated rings. The molecule has 0 unspecified atom stereocenters. The van der Waals surface area contributed by atoms with Crippen molar-refractivity contribution in [1.29, 1.82) is 5.41 Å². The number of carbonyl (C=O) groups is 1. The van der Waals surface area contributed by atoms with E-state index in [1.165, 1.54) is 17.5 Å². The largest absolute Gasteiger partial charge is 0.364 e. The van der Waals surface area contributed by atoms with Crippen molar-refractivity contribution in [1.82, 2.24) is 4.98 Å². The summed E-state index contributed by atoms with van der Waals surface area (Å²) < 4.78 is 0. The normalized spacial score (nSPS) is 9.20. The molecule has 52 valence electrons. The Morgan fingerprint density at radius 2 is 2.50 bits per heavy atom. The SMILES string of the molecule is N=C(C(N)=O)c1nccs1. The fraction of sp³-hybridized carbons (Fsp3) is 0. The minimum atomic E-state index is -0.741. The minimum Gasteiger partial charge on any atom is -0.364 e. The fourth-order valence-corrected chi connectivity index (χ4v) is 1.04. The lowest BCUT2D eigenvalue weighted by Crippen LogP contribution is -2.22. The number of thiazole rings is 1. The van der Waals surface area contributed by atoms with Crippen molar-refractivity contribution in [2.24, 2.45) is 5.73 Å². The molecule has 0 aliphatic heterocycles. The van der Waals surface area contributed by atoms with E-state index in [-0.39, 0.29) is 5.71 Å². The number of rotatable bonds is 2. The van der Waals surface area contributed by atoms with Gasteiger partial charge in [-0.05, 0) is 0 Å². The maximum Gasteiger partial charge on any atom is 0.269 e. The van der Waals surface area contributed by atoms with Crippen LogP contribution in [-0.2, 0) is 4.79 Å². The third kappa shape index (κ3) is 1.19. The van der Waals surface area contributed by atoms with Gasteiger partial charge in [0.25, 0.3) is 5.91 Å². The molecule has 0 saturated heterocycles. The molecule has 0 bridgehead atoms. The lowest BCUT2D eigenvalue weighted by molar-refractivity contribution is -0.112. The summed E-state index contributed by atoms with van der Waals surface area (Å²) in [7, 11) is 0. The molecule has 0 spiro atoms. The number of hydrogen-bond acceptors (Lipinski definition) is 4. The molecule has 0 aliphatic carbocycles. The van der Waals surface area contributed by atoms with Crippen molar-refractivity contribution in [3.05, 3.63) is 16.6 Å². The molecule has 3 N–H and O–H groups in total. The van der Waals surface area contributed by atoms with Gasteiger partial charge in [-0.1, -0.05) is 0 Å². The highest BCUT2D eigenvalue weighted by atomic mass is 32.1. The van der Waals surface area contributed by atoms with Crippen LogP contribution in [0.5, 0.6) is 0 Å². The van der Waals surface area contributed by atoms with Crippen LogP contribution < -0.4 is 5.73 Å². The minimum absolute atomic E-state index is 0.227. The third-order valence-corrected chi connectivity index (χ3v) is 1.68. The molecule has 10 heavy (non-hydrogen) atoms. The predicted octanol–water partition coefficient (Wildman–Crippen LogP) is -0.00373. The second-order valence-electron chi connectivity index (χ2n) is 1.58. The number of nitrogens with two attached hydrogens (primary N) is 1. The van der Waals surface area contributed by atoms with Crippen LogP contribution in [0.1, 0.15) is 5.01 Å². The van der Waals surface area contributed by atoms with Crippen LogP contribution in [0.25, 0.3) is 0 Å². The molecule has 1 heterocycles. The van der Waals surface area contributed by atoms with Crippen LogP contribution in [-0.4, -0.2) is 16.6 Å². The average Bonchev–Trinajstić information content (AvgIpc) is 2.36. The summed E-state index contributed by atoms with van der Waals surface area (Å²) in [5.74, 6) is -0.741. The van der Waals surface area contributed by atoms with Gasteiger partial charge in [-0.3, -0.25) is 10.2 Å². The first-order valence-electron chi connectivity index (χ1n) is 2.50. The number of nitrogens with zero attached hydrogens (tertiary/aromatic N) is 1. The Bertz CT molecular complexity index is 254. The van der Waals surface area contributed by atoms with Gasteiger partial charge in [0.2, 0.25) is 0 Å². The molecule has 1 amide bonds.